The van der Waals surface area contributed by atoms with E-state index in [1.165, 1.54) is 0 Å². The Balaban J connectivity index is 0.000000673. The Bertz CT molecular complexity index is 316. The van der Waals surface area contributed by atoms with Crippen molar-refractivity contribution >= 4 is 17.9 Å². The molecule has 1 unspecified atom stereocenters. The van der Waals surface area contributed by atoms with Crippen LogP contribution < -0.4 is 0 Å². The summed E-state index contributed by atoms with van der Waals surface area (Å²) in [6.07, 6.45) is 2.58. The van der Waals surface area contributed by atoms with Crippen LogP contribution in [0.4, 0.5) is 0 Å². The first kappa shape index (κ1) is 15.1. The van der Waals surface area contributed by atoms with Crippen LogP contribution in [0.2, 0.25) is 5.15 Å². The lowest BCUT2D eigenvalue weighted by Gasteiger charge is -2.13. The van der Waals surface area contributed by atoms with Crippen LogP contribution in [0.15, 0.2) is 18.3 Å². The first-order chi connectivity index (χ1) is 7.56. The highest BCUT2D eigenvalue weighted by Crippen LogP contribution is 2.23. The van der Waals surface area contributed by atoms with E-state index in [2.05, 4.69) is 9.72 Å². The van der Waals surface area contributed by atoms with Crippen LogP contribution in [-0.2, 0) is 9.53 Å². The molecule has 3 nitrogen and oxygen atoms in total. The van der Waals surface area contributed by atoms with E-state index >= 15 is 0 Å². The van der Waals surface area contributed by atoms with Gasteiger partial charge in [0.25, 0.3) is 0 Å². The molecule has 0 amide bonds. The maximum absolute atomic E-state index is 10.8. The Morgan fingerprint density at radius 2 is 2.00 bits per heavy atom. The highest BCUT2D eigenvalue weighted by atomic mass is 35.5. The van der Waals surface area contributed by atoms with Crippen molar-refractivity contribution in [1.82, 2.24) is 4.98 Å². The molecular weight excluding hydrogens is 226 g/mol. The molecule has 0 aliphatic rings. The van der Waals surface area contributed by atoms with Crippen molar-refractivity contribution < 1.29 is 9.53 Å². The standard InChI is InChI=1S/C10H12ClNO.C2H6O/c1-7(2)9(6-13)8-3-4-12-10(11)5-8;1-3-2/h3-7,9H,1-2H3;1-2H3. The zero-order chi connectivity index (χ0) is 12.6. The second kappa shape index (κ2) is 8.25. The van der Waals surface area contributed by atoms with Crippen molar-refractivity contribution in [2.75, 3.05) is 14.2 Å². The van der Waals surface area contributed by atoms with Crippen molar-refractivity contribution in [3.8, 4) is 0 Å². The number of carbonyl (C=O) groups is 1. The highest BCUT2D eigenvalue weighted by molar-refractivity contribution is 6.29. The monoisotopic (exact) mass is 243 g/mol. The van der Waals surface area contributed by atoms with Gasteiger partial charge in [0.2, 0.25) is 0 Å². The maximum Gasteiger partial charge on any atom is 0.129 e. The molecule has 0 aromatic carbocycles. The average Bonchev–Trinajstić information content (AvgIpc) is 2.19. The number of aromatic nitrogens is 1. The van der Waals surface area contributed by atoms with Gasteiger partial charge in [0, 0.05) is 26.3 Å². The molecule has 0 N–H and O–H groups in total. The topological polar surface area (TPSA) is 39.2 Å². The summed E-state index contributed by atoms with van der Waals surface area (Å²) >= 11 is 5.72. The van der Waals surface area contributed by atoms with Crippen molar-refractivity contribution in [2.45, 2.75) is 19.8 Å². The summed E-state index contributed by atoms with van der Waals surface area (Å²) in [6.45, 7) is 4.01. The smallest absolute Gasteiger partial charge is 0.129 e. The van der Waals surface area contributed by atoms with Gasteiger partial charge in [0.15, 0.2) is 0 Å². The van der Waals surface area contributed by atoms with E-state index < -0.39 is 0 Å². The van der Waals surface area contributed by atoms with Gasteiger partial charge in [-0.15, -0.1) is 0 Å². The van der Waals surface area contributed by atoms with E-state index in [9.17, 15) is 4.79 Å². The molecule has 0 aliphatic heterocycles. The van der Waals surface area contributed by atoms with Crippen LogP contribution >= 0.6 is 11.6 Å². The van der Waals surface area contributed by atoms with Crippen molar-refractivity contribution in [3.05, 3.63) is 29.0 Å². The summed E-state index contributed by atoms with van der Waals surface area (Å²) in [6, 6.07) is 3.56. The molecular formula is C12H18ClNO2. The fourth-order valence-electron chi connectivity index (χ4n) is 1.25. The van der Waals surface area contributed by atoms with E-state index in [1.54, 1.807) is 26.5 Å². The molecule has 90 valence electrons. The number of halogens is 1. The second-order valence-corrected chi connectivity index (χ2v) is 4.11. The zero-order valence-electron chi connectivity index (χ0n) is 10.1. The average molecular weight is 244 g/mol. The Kier molecular flexibility index (Phi) is 7.77. The van der Waals surface area contributed by atoms with E-state index in [-0.39, 0.29) is 11.8 Å². The first-order valence-corrected chi connectivity index (χ1v) is 5.41. The molecule has 0 fully saturated rings. The fraction of sp³-hybridized carbons (Fsp3) is 0.500. The van der Waals surface area contributed by atoms with Gasteiger partial charge in [-0.2, -0.15) is 0 Å². The Labute approximate surface area is 102 Å². The van der Waals surface area contributed by atoms with Gasteiger partial charge in [0.1, 0.15) is 11.4 Å². The number of pyridine rings is 1. The molecule has 0 saturated heterocycles. The third kappa shape index (κ3) is 5.24. The number of rotatable bonds is 3. The molecule has 0 bridgehead atoms. The maximum atomic E-state index is 10.8. The van der Waals surface area contributed by atoms with Gasteiger partial charge < -0.3 is 9.53 Å². The molecule has 16 heavy (non-hydrogen) atoms. The van der Waals surface area contributed by atoms with Crippen LogP contribution in [0.25, 0.3) is 0 Å². The van der Waals surface area contributed by atoms with Crippen LogP contribution in [0.3, 0.4) is 0 Å². The Hall–Kier alpha value is -0.930. The molecule has 1 heterocycles. The van der Waals surface area contributed by atoms with Crippen molar-refractivity contribution in [2.24, 2.45) is 5.92 Å². The van der Waals surface area contributed by atoms with Gasteiger partial charge in [-0.05, 0) is 23.6 Å². The number of aldehydes is 1. The van der Waals surface area contributed by atoms with Crippen LogP contribution in [0.5, 0.6) is 0 Å². The summed E-state index contributed by atoms with van der Waals surface area (Å²) in [5.74, 6) is 0.205. The largest absolute Gasteiger partial charge is 0.388 e. The Morgan fingerprint density at radius 3 is 2.38 bits per heavy atom. The highest BCUT2D eigenvalue weighted by Gasteiger charge is 2.14. The van der Waals surface area contributed by atoms with E-state index in [0.717, 1.165) is 11.8 Å². The first-order valence-electron chi connectivity index (χ1n) is 5.03. The molecule has 1 aromatic rings. The number of methoxy groups -OCH3 is 1. The molecule has 1 aromatic heterocycles. The van der Waals surface area contributed by atoms with E-state index in [0.29, 0.717) is 5.15 Å². The molecule has 0 radical (unpaired) electrons. The summed E-state index contributed by atoms with van der Waals surface area (Å²) < 4.78 is 4.25. The minimum Gasteiger partial charge on any atom is -0.388 e. The number of hydrogen-bond donors (Lipinski definition) is 0. The minimum atomic E-state index is -0.0829. The molecule has 0 saturated carbocycles. The van der Waals surface area contributed by atoms with Gasteiger partial charge in [0.05, 0.1) is 0 Å². The van der Waals surface area contributed by atoms with Crippen molar-refractivity contribution in [3.63, 3.8) is 0 Å². The number of hydrogen-bond acceptors (Lipinski definition) is 3. The van der Waals surface area contributed by atoms with Gasteiger partial charge >= 0.3 is 0 Å². The normalized spacial score (nSPS) is 11.6. The molecule has 0 aliphatic carbocycles. The number of ether oxygens (including phenoxy) is 1. The Morgan fingerprint density at radius 1 is 1.44 bits per heavy atom. The second-order valence-electron chi connectivity index (χ2n) is 3.73. The van der Waals surface area contributed by atoms with Gasteiger partial charge in [-0.3, -0.25) is 0 Å². The number of nitrogens with zero attached hydrogens (tertiary/aromatic N) is 1. The number of carbonyl (C=O) groups excluding carboxylic acids is 1. The summed E-state index contributed by atoms with van der Waals surface area (Å²) in [5.41, 5.74) is 0.935. The third-order valence-electron chi connectivity index (χ3n) is 2.00. The predicted octanol–water partition coefficient (Wildman–Crippen LogP) is 2.94. The van der Waals surface area contributed by atoms with Crippen LogP contribution in [-0.4, -0.2) is 25.5 Å². The summed E-state index contributed by atoms with van der Waals surface area (Å²) in [4.78, 5) is 14.7. The molecule has 1 rings (SSSR count). The zero-order valence-corrected chi connectivity index (χ0v) is 10.9. The lowest BCUT2D eigenvalue weighted by atomic mass is 9.91. The van der Waals surface area contributed by atoms with E-state index in [4.69, 9.17) is 11.6 Å². The van der Waals surface area contributed by atoms with Gasteiger partial charge in [-0.1, -0.05) is 25.4 Å². The molecule has 0 spiro atoms. The summed E-state index contributed by atoms with van der Waals surface area (Å²) in [7, 11) is 3.25. The van der Waals surface area contributed by atoms with Crippen LogP contribution in [0, 0.1) is 5.92 Å². The lowest BCUT2D eigenvalue weighted by Crippen LogP contribution is -2.07. The fourth-order valence-corrected chi connectivity index (χ4v) is 1.43. The SMILES string of the molecule is CC(C)C(C=O)c1ccnc(Cl)c1.COC. The lowest BCUT2D eigenvalue weighted by molar-refractivity contribution is -0.109. The quantitative estimate of drug-likeness (QED) is 0.605. The van der Waals surface area contributed by atoms with Crippen molar-refractivity contribution in [1.29, 1.82) is 0 Å². The predicted molar refractivity (Wildman–Crippen MR) is 65.8 cm³/mol. The summed E-state index contributed by atoms with van der Waals surface area (Å²) in [5, 5.41) is 0.435. The minimum absolute atomic E-state index is 0.0829. The van der Waals surface area contributed by atoms with Crippen LogP contribution in [0.1, 0.15) is 25.3 Å². The third-order valence-corrected chi connectivity index (χ3v) is 2.21. The molecule has 4 heteroatoms. The van der Waals surface area contributed by atoms with Gasteiger partial charge in [-0.25, -0.2) is 4.98 Å². The molecule has 1 atom stereocenters. The van der Waals surface area contributed by atoms with E-state index in [1.807, 2.05) is 19.9 Å².